The van der Waals surface area contributed by atoms with E-state index in [1.54, 1.807) is 35.2 Å². The van der Waals surface area contributed by atoms with Crippen LogP contribution >= 0.6 is 0 Å². The molecule has 1 N–H and O–H groups in total. The summed E-state index contributed by atoms with van der Waals surface area (Å²) in [5.41, 5.74) is 1.12. The van der Waals surface area contributed by atoms with Gasteiger partial charge in [0.15, 0.2) is 12.4 Å². The third-order valence-corrected chi connectivity index (χ3v) is 4.23. The molecule has 2 aromatic carbocycles. The van der Waals surface area contributed by atoms with Crippen molar-refractivity contribution in [3.8, 4) is 11.5 Å². The van der Waals surface area contributed by atoms with Gasteiger partial charge >= 0.3 is 0 Å². The Morgan fingerprint density at radius 1 is 1.11 bits per heavy atom. The van der Waals surface area contributed by atoms with Crippen molar-refractivity contribution >= 4 is 23.2 Å². The van der Waals surface area contributed by atoms with E-state index in [9.17, 15) is 9.59 Å². The first kappa shape index (κ1) is 17.7. The van der Waals surface area contributed by atoms with E-state index in [-0.39, 0.29) is 24.2 Å². The smallest absolute Gasteiger partial charge is 0.291 e. The third kappa shape index (κ3) is 3.83. The summed E-state index contributed by atoms with van der Waals surface area (Å²) in [5.74, 6) is 0.988. The lowest BCUT2D eigenvalue weighted by atomic mass is 10.2. The Bertz CT molecular complexity index is 970. The van der Waals surface area contributed by atoms with Crippen molar-refractivity contribution in [2.45, 2.75) is 0 Å². The van der Waals surface area contributed by atoms with E-state index in [1.165, 1.54) is 6.26 Å². The molecule has 1 aliphatic rings. The molecule has 0 saturated carbocycles. The fraction of sp³-hybridized carbons (Fsp3) is 0.143. The summed E-state index contributed by atoms with van der Waals surface area (Å²) in [6.07, 6.45) is 1.43. The maximum atomic E-state index is 12.4. The molecule has 4 rings (SSSR count). The summed E-state index contributed by atoms with van der Waals surface area (Å²) in [6.45, 7) is 0.661. The molecule has 7 nitrogen and oxygen atoms in total. The number of hydrogen-bond donors (Lipinski definition) is 1. The van der Waals surface area contributed by atoms with E-state index in [1.807, 2.05) is 30.3 Å². The van der Waals surface area contributed by atoms with E-state index in [0.29, 0.717) is 30.3 Å². The molecular weight excluding hydrogens is 360 g/mol. The SMILES string of the molecule is O=C(Nc1ccc2c(c1)N(CCOc1ccccc1)C(=O)CO2)c1ccco1. The van der Waals surface area contributed by atoms with Gasteiger partial charge in [0.05, 0.1) is 18.5 Å². The molecule has 0 atom stereocenters. The second-order valence-corrected chi connectivity index (χ2v) is 6.11. The largest absolute Gasteiger partial charge is 0.492 e. The lowest BCUT2D eigenvalue weighted by Gasteiger charge is -2.29. The van der Waals surface area contributed by atoms with Crippen LogP contribution in [-0.4, -0.2) is 31.6 Å². The summed E-state index contributed by atoms with van der Waals surface area (Å²) in [4.78, 5) is 26.1. The average molecular weight is 378 g/mol. The summed E-state index contributed by atoms with van der Waals surface area (Å²) in [5, 5.41) is 2.75. The first-order valence-corrected chi connectivity index (χ1v) is 8.80. The first-order valence-electron chi connectivity index (χ1n) is 8.80. The predicted octanol–water partition coefficient (Wildman–Crippen LogP) is 3.34. The van der Waals surface area contributed by atoms with E-state index in [2.05, 4.69) is 5.32 Å². The molecule has 0 unspecified atom stereocenters. The standard InChI is InChI=1S/C21H18N2O5/c24-20-14-28-18-9-8-15(22-21(25)19-7-4-11-27-19)13-17(18)23(20)10-12-26-16-5-2-1-3-6-16/h1-9,11,13H,10,12,14H2,(H,22,25). The number of nitrogens with zero attached hydrogens (tertiary/aromatic N) is 1. The number of amides is 2. The van der Waals surface area contributed by atoms with Crippen LogP contribution < -0.4 is 19.7 Å². The fourth-order valence-electron chi connectivity index (χ4n) is 2.90. The fourth-order valence-corrected chi connectivity index (χ4v) is 2.90. The minimum atomic E-state index is -0.369. The van der Waals surface area contributed by atoms with Gasteiger partial charge in [0.25, 0.3) is 11.8 Å². The van der Waals surface area contributed by atoms with Crippen molar-refractivity contribution in [3.63, 3.8) is 0 Å². The Morgan fingerprint density at radius 2 is 1.96 bits per heavy atom. The van der Waals surface area contributed by atoms with Crippen LogP contribution in [0.2, 0.25) is 0 Å². The zero-order valence-corrected chi connectivity index (χ0v) is 15.0. The minimum Gasteiger partial charge on any atom is -0.492 e. The number of para-hydroxylation sites is 1. The number of carbonyl (C=O) groups is 2. The number of furan rings is 1. The van der Waals surface area contributed by atoms with Crippen LogP contribution in [0.25, 0.3) is 0 Å². The van der Waals surface area contributed by atoms with Crippen LogP contribution in [0, 0.1) is 0 Å². The highest BCUT2D eigenvalue weighted by atomic mass is 16.5. The van der Waals surface area contributed by atoms with Gasteiger partial charge < -0.3 is 24.1 Å². The average Bonchev–Trinajstić information content (AvgIpc) is 3.26. The Hall–Kier alpha value is -3.74. The Balaban J connectivity index is 1.48. The number of nitrogens with one attached hydrogen (secondary N) is 1. The number of carbonyl (C=O) groups excluding carboxylic acids is 2. The van der Waals surface area contributed by atoms with Crippen molar-refractivity contribution in [2.75, 3.05) is 30.0 Å². The van der Waals surface area contributed by atoms with Gasteiger partial charge in [0.2, 0.25) is 0 Å². The van der Waals surface area contributed by atoms with E-state index >= 15 is 0 Å². The Morgan fingerprint density at radius 3 is 2.75 bits per heavy atom. The number of fused-ring (bicyclic) bond motifs is 1. The number of ether oxygens (including phenoxy) is 2. The lowest BCUT2D eigenvalue weighted by molar-refractivity contribution is -0.121. The van der Waals surface area contributed by atoms with Gasteiger partial charge in [-0.25, -0.2) is 0 Å². The predicted molar refractivity (Wildman–Crippen MR) is 103 cm³/mol. The van der Waals surface area contributed by atoms with Gasteiger partial charge in [-0.1, -0.05) is 18.2 Å². The topological polar surface area (TPSA) is 81.0 Å². The highest BCUT2D eigenvalue weighted by Crippen LogP contribution is 2.34. The highest BCUT2D eigenvalue weighted by molar-refractivity contribution is 6.03. The number of anilines is 2. The highest BCUT2D eigenvalue weighted by Gasteiger charge is 2.26. The monoisotopic (exact) mass is 378 g/mol. The molecule has 2 amide bonds. The minimum absolute atomic E-state index is 0.0313. The second-order valence-electron chi connectivity index (χ2n) is 6.11. The Kier molecular flexibility index (Phi) is 4.97. The third-order valence-electron chi connectivity index (χ3n) is 4.23. The molecule has 2 heterocycles. The zero-order valence-electron chi connectivity index (χ0n) is 15.0. The van der Waals surface area contributed by atoms with Crippen LogP contribution in [0.4, 0.5) is 11.4 Å². The van der Waals surface area contributed by atoms with Crippen molar-refractivity contribution in [2.24, 2.45) is 0 Å². The van der Waals surface area contributed by atoms with Gasteiger partial charge in [-0.15, -0.1) is 0 Å². The summed E-state index contributed by atoms with van der Waals surface area (Å²) >= 11 is 0. The van der Waals surface area contributed by atoms with E-state index in [4.69, 9.17) is 13.9 Å². The lowest BCUT2D eigenvalue weighted by Crippen LogP contribution is -2.41. The summed E-state index contributed by atoms with van der Waals surface area (Å²) in [6, 6.07) is 17.8. The van der Waals surface area contributed by atoms with Gasteiger partial charge in [0.1, 0.15) is 18.1 Å². The number of rotatable bonds is 6. The molecule has 0 bridgehead atoms. The van der Waals surface area contributed by atoms with Crippen LogP contribution in [0.3, 0.4) is 0 Å². The molecule has 0 spiro atoms. The summed E-state index contributed by atoms with van der Waals surface area (Å²) < 4.78 is 16.3. The van der Waals surface area contributed by atoms with E-state index in [0.717, 1.165) is 5.75 Å². The molecule has 0 aliphatic carbocycles. The molecule has 3 aromatic rings. The molecule has 0 fully saturated rings. The maximum absolute atomic E-state index is 12.4. The number of benzene rings is 2. The number of hydrogen-bond acceptors (Lipinski definition) is 5. The van der Waals surface area contributed by atoms with Crippen molar-refractivity contribution in [3.05, 3.63) is 72.7 Å². The summed E-state index contributed by atoms with van der Waals surface area (Å²) in [7, 11) is 0. The second kappa shape index (κ2) is 7.87. The quantitative estimate of drug-likeness (QED) is 0.712. The van der Waals surface area contributed by atoms with Crippen LogP contribution in [0.1, 0.15) is 10.6 Å². The Labute approximate surface area is 161 Å². The maximum Gasteiger partial charge on any atom is 0.291 e. The zero-order chi connectivity index (χ0) is 19.3. The molecule has 1 aliphatic heterocycles. The first-order chi connectivity index (χ1) is 13.7. The van der Waals surface area contributed by atoms with E-state index < -0.39 is 0 Å². The normalized spacial score (nSPS) is 12.9. The van der Waals surface area contributed by atoms with Crippen LogP contribution in [0.15, 0.2) is 71.3 Å². The van der Waals surface area contributed by atoms with Crippen molar-refractivity contribution in [1.82, 2.24) is 0 Å². The molecule has 28 heavy (non-hydrogen) atoms. The molecule has 0 radical (unpaired) electrons. The molecule has 1 aromatic heterocycles. The van der Waals surface area contributed by atoms with Crippen molar-refractivity contribution in [1.29, 1.82) is 0 Å². The van der Waals surface area contributed by atoms with Gasteiger partial charge in [0, 0.05) is 5.69 Å². The van der Waals surface area contributed by atoms with Gasteiger partial charge in [-0.3, -0.25) is 9.59 Å². The van der Waals surface area contributed by atoms with Gasteiger partial charge in [-0.05, 0) is 42.5 Å². The van der Waals surface area contributed by atoms with Crippen LogP contribution in [0.5, 0.6) is 11.5 Å². The van der Waals surface area contributed by atoms with Gasteiger partial charge in [-0.2, -0.15) is 0 Å². The molecule has 0 saturated heterocycles. The molecular formula is C21H18N2O5. The molecule has 7 heteroatoms. The molecule has 142 valence electrons. The van der Waals surface area contributed by atoms with Crippen LogP contribution in [-0.2, 0) is 4.79 Å². The van der Waals surface area contributed by atoms with Crippen molar-refractivity contribution < 1.29 is 23.5 Å².